The molecule has 0 aromatic carbocycles. The van der Waals surface area contributed by atoms with E-state index in [9.17, 15) is 5.11 Å². The Hall–Kier alpha value is -0.940. The fourth-order valence-corrected chi connectivity index (χ4v) is 9.70. The Morgan fingerprint density at radius 2 is 1.88 bits per heavy atom. The molecule has 1 aromatic heterocycles. The predicted octanol–water partition coefficient (Wildman–Crippen LogP) is 5.22. The molecule has 3 N–H and O–H groups in total. The number of hydrogen-bond donors (Lipinski definition) is 2. The monoisotopic (exact) mass is 456 g/mol. The van der Waals surface area contributed by atoms with Crippen molar-refractivity contribution in [2.45, 2.75) is 110 Å². The van der Waals surface area contributed by atoms with Gasteiger partial charge in [0.15, 0.2) is 0 Å². The maximum Gasteiger partial charge on any atom is 0.0839 e. The van der Waals surface area contributed by atoms with Crippen LogP contribution in [0, 0.1) is 46.3 Å². The third-order valence-corrected chi connectivity index (χ3v) is 11.4. The maximum absolute atomic E-state index is 10.3. The summed E-state index contributed by atoms with van der Waals surface area (Å²) >= 11 is 0. The average molecular weight is 457 g/mol. The van der Waals surface area contributed by atoms with Gasteiger partial charge in [0.2, 0.25) is 0 Å². The SMILES string of the molecule is C[C@H](CCCn1cc(CCN)nn1)C1CC[C@H]2C3CC[C@@H]4C[C@H](O)CC[C@]4(C)C3CC[C@]12C. The van der Waals surface area contributed by atoms with Crippen molar-refractivity contribution in [3.63, 3.8) is 0 Å². The molecular formula is C28H48N4O. The van der Waals surface area contributed by atoms with E-state index in [0.717, 1.165) is 67.0 Å². The van der Waals surface area contributed by atoms with Crippen molar-refractivity contribution in [2.75, 3.05) is 6.54 Å². The number of fused-ring (bicyclic) bond motifs is 5. The smallest absolute Gasteiger partial charge is 0.0839 e. The molecule has 0 bridgehead atoms. The van der Waals surface area contributed by atoms with Gasteiger partial charge in [-0.25, -0.2) is 0 Å². The number of aliphatic hydroxyl groups is 1. The summed E-state index contributed by atoms with van der Waals surface area (Å²) in [5.41, 5.74) is 7.70. The van der Waals surface area contributed by atoms with E-state index in [1.54, 1.807) is 0 Å². The summed E-state index contributed by atoms with van der Waals surface area (Å²) in [7, 11) is 0. The number of nitrogens with two attached hydrogens (primary N) is 1. The first-order chi connectivity index (χ1) is 15.8. The second-order valence-corrected chi connectivity index (χ2v) is 12.9. The molecule has 9 atom stereocenters. The average Bonchev–Trinajstić information content (AvgIpc) is 3.38. The van der Waals surface area contributed by atoms with Crippen LogP contribution in [0.5, 0.6) is 0 Å². The molecule has 4 aliphatic carbocycles. The van der Waals surface area contributed by atoms with E-state index in [2.05, 4.69) is 37.3 Å². The minimum absolute atomic E-state index is 0.0324. The highest BCUT2D eigenvalue weighted by atomic mass is 16.3. The molecule has 0 radical (unpaired) electrons. The summed E-state index contributed by atoms with van der Waals surface area (Å²) in [5.74, 6) is 5.22. The molecule has 5 nitrogen and oxygen atoms in total. The minimum Gasteiger partial charge on any atom is -0.393 e. The largest absolute Gasteiger partial charge is 0.393 e. The summed E-state index contributed by atoms with van der Waals surface area (Å²) < 4.78 is 2.02. The van der Waals surface area contributed by atoms with Crippen LogP contribution < -0.4 is 5.73 Å². The molecule has 5 heteroatoms. The highest BCUT2D eigenvalue weighted by Gasteiger charge is 2.60. The molecule has 3 unspecified atom stereocenters. The molecule has 1 aromatic rings. The zero-order valence-electron chi connectivity index (χ0n) is 21.4. The molecule has 33 heavy (non-hydrogen) atoms. The predicted molar refractivity (Wildman–Crippen MR) is 132 cm³/mol. The summed E-state index contributed by atoms with van der Waals surface area (Å²) in [6, 6.07) is 0. The lowest BCUT2D eigenvalue weighted by Gasteiger charge is -2.61. The van der Waals surface area contributed by atoms with Gasteiger partial charge in [0.1, 0.15) is 0 Å². The Kier molecular flexibility index (Phi) is 6.67. The quantitative estimate of drug-likeness (QED) is 0.590. The van der Waals surface area contributed by atoms with Crippen LogP contribution in [0.1, 0.15) is 97.1 Å². The van der Waals surface area contributed by atoms with Crippen molar-refractivity contribution in [2.24, 2.45) is 52.1 Å². The van der Waals surface area contributed by atoms with Crippen molar-refractivity contribution in [3.05, 3.63) is 11.9 Å². The van der Waals surface area contributed by atoms with Crippen molar-refractivity contribution >= 4 is 0 Å². The minimum atomic E-state index is -0.0324. The van der Waals surface area contributed by atoms with Gasteiger partial charge in [-0.1, -0.05) is 26.0 Å². The van der Waals surface area contributed by atoms with E-state index in [4.69, 9.17) is 5.73 Å². The summed E-state index contributed by atoms with van der Waals surface area (Å²) in [6.07, 6.45) is 17.3. The van der Waals surface area contributed by atoms with Crippen LogP contribution in [-0.4, -0.2) is 32.7 Å². The first-order valence-electron chi connectivity index (χ1n) is 14.1. The van der Waals surface area contributed by atoms with E-state index < -0.39 is 0 Å². The van der Waals surface area contributed by atoms with Crippen LogP contribution in [0.4, 0.5) is 0 Å². The molecule has 0 saturated heterocycles. The molecule has 5 rings (SSSR count). The van der Waals surface area contributed by atoms with Crippen LogP contribution in [0.3, 0.4) is 0 Å². The van der Waals surface area contributed by atoms with Gasteiger partial charge in [0, 0.05) is 19.2 Å². The van der Waals surface area contributed by atoms with Crippen LogP contribution >= 0.6 is 0 Å². The van der Waals surface area contributed by atoms with E-state index in [0.29, 0.717) is 17.4 Å². The van der Waals surface area contributed by atoms with Crippen LogP contribution in [-0.2, 0) is 13.0 Å². The lowest BCUT2D eigenvalue weighted by atomic mass is 9.44. The zero-order chi connectivity index (χ0) is 23.2. The molecular weight excluding hydrogens is 408 g/mol. The molecule has 0 spiro atoms. The molecule has 186 valence electrons. The summed E-state index contributed by atoms with van der Waals surface area (Å²) in [4.78, 5) is 0. The zero-order valence-corrected chi connectivity index (χ0v) is 21.4. The highest BCUT2D eigenvalue weighted by Crippen LogP contribution is 2.68. The first kappa shape index (κ1) is 23.8. The standard InChI is InChI=1S/C28H48N4O/c1-19(5-4-16-32-18-21(12-15-29)30-31-32)24-8-9-25-23-7-6-20-17-22(33)10-13-27(20,2)26(23)11-14-28(24,25)3/h18-20,22-26,33H,4-17,29H2,1-3H3/t19-,20-,22-,23?,24?,25+,26?,27+,28-/m1/s1. The number of rotatable bonds is 7. The van der Waals surface area contributed by atoms with E-state index in [1.807, 2.05) is 4.68 Å². The maximum atomic E-state index is 10.3. The van der Waals surface area contributed by atoms with Crippen molar-refractivity contribution in [1.29, 1.82) is 0 Å². The lowest BCUT2D eigenvalue weighted by Crippen LogP contribution is -2.54. The number of aromatic nitrogens is 3. The second-order valence-electron chi connectivity index (χ2n) is 12.9. The van der Waals surface area contributed by atoms with Gasteiger partial charge in [-0.2, -0.15) is 0 Å². The second kappa shape index (κ2) is 9.26. The molecule has 4 saturated carbocycles. The van der Waals surface area contributed by atoms with Crippen molar-refractivity contribution in [1.82, 2.24) is 15.0 Å². The fraction of sp³-hybridized carbons (Fsp3) is 0.929. The number of nitrogens with zero attached hydrogens (tertiary/aromatic N) is 3. The molecule has 4 fully saturated rings. The fourth-order valence-electron chi connectivity index (χ4n) is 9.70. The van der Waals surface area contributed by atoms with Crippen molar-refractivity contribution < 1.29 is 5.11 Å². The third-order valence-electron chi connectivity index (χ3n) is 11.4. The molecule has 1 heterocycles. The van der Waals surface area contributed by atoms with E-state index in [-0.39, 0.29) is 6.10 Å². The Morgan fingerprint density at radius 1 is 1.09 bits per heavy atom. The Bertz CT molecular complexity index is 810. The topological polar surface area (TPSA) is 77.0 Å². The van der Waals surface area contributed by atoms with Gasteiger partial charge in [0.25, 0.3) is 0 Å². The third kappa shape index (κ3) is 4.20. The van der Waals surface area contributed by atoms with Gasteiger partial charge in [-0.05, 0) is 124 Å². The Labute approximate surface area is 201 Å². The van der Waals surface area contributed by atoms with E-state index >= 15 is 0 Å². The van der Waals surface area contributed by atoms with Crippen LogP contribution in [0.25, 0.3) is 0 Å². The number of aliphatic hydroxyl groups excluding tert-OH is 1. The first-order valence-corrected chi connectivity index (χ1v) is 14.1. The number of aryl methyl sites for hydroxylation is 1. The van der Waals surface area contributed by atoms with E-state index in [1.165, 1.54) is 57.8 Å². The normalized spacial score (nSPS) is 43.5. The van der Waals surface area contributed by atoms with Gasteiger partial charge < -0.3 is 10.8 Å². The Morgan fingerprint density at radius 3 is 2.70 bits per heavy atom. The number of hydrogen-bond acceptors (Lipinski definition) is 4. The van der Waals surface area contributed by atoms with Gasteiger partial charge in [-0.15, -0.1) is 5.10 Å². The summed E-state index contributed by atoms with van der Waals surface area (Å²) in [6.45, 7) is 9.44. The van der Waals surface area contributed by atoms with Gasteiger partial charge >= 0.3 is 0 Å². The molecule has 0 aliphatic heterocycles. The van der Waals surface area contributed by atoms with Gasteiger partial charge in [0.05, 0.1) is 11.8 Å². The van der Waals surface area contributed by atoms with Crippen molar-refractivity contribution in [3.8, 4) is 0 Å². The van der Waals surface area contributed by atoms with Crippen LogP contribution in [0.15, 0.2) is 6.20 Å². The highest BCUT2D eigenvalue weighted by molar-refractivity contribution is 5.09. The molecule has 0 amide bonds. The van der Waals surface area contributed by atoms with Crippen LogP contribution in [0.2, 0.25) is 0 Å². The Balaban J connectivity index is 1.20. The van der Waals surface area contributed by atoms with Gasteiger partial charge in [-0.3, -0.25) is 4.68 Å². The lowest BCUT2D eigenvalue weighted by molar-refractivity contribution is -0.129. The molecule has 4 aliphatic rings. The summed E-state index contributed by atoms with van der Waals surface area (Å²) in [5, 5.41) is 18.8.